The van der Waals surface area contributed by atoms with Crippen LogP contribution in [-0.2, 0) is 14.9 Å². The first-order valence-corrected chi connectivity index (χ1v) is 6.61. The Kier molecular flexibility index (Phi) is 4.30. The van der Waals surface area contributed by atoms with Crippen molar-refractivity contribution in [1.82, 2.24) is 8.61 Å². The molecule has 0 aromatic rings. The molecule has 1 fully saturated rings. The molecule has 1 aliphatic rings. The first kappa shape index (κ1) is 13.9. The maximum absolute atomic E-state index is 11.8. The van der Waals surface area contributed by atoms with Gasteiger partial charge >= 0.3 is 0 Å². The van der Waals surface area contributed by atoms with E-state index in [0.717, 1.165) is 4.31 Å². The fraction of sp³-hybridized carbons (Fsp3) is 1.00. The van der Waals surface area contributed by atoms with Crippen molar-refractivity contribution in [2.45, 2.75) is 18.4 Å². The zero-order valence-electron chi connectivity index (χ0n) is 10.0. The number of ether oxygens (including phenoxy) is 1. The molecule has 1 saturated heterocycles. The quantitative estimate of drug-likeness (QED) is 0.716. The molecule has 0 saturated carbocycles. The molecule has 0 spiro atoms. The average Bonchev–Trinajstić information content (AvgIpc) is 2.17. The van der Waals surface area contributed by atoms with Gasteiger partial charge in [0.05, 0.1) is 5.60 Å². The van der Waals surface area contributed by atoms with Gasteiger partial charge in [0.1, 0.15) is 0 Å². The summed E-state index contributed by atoms with van der Waals surface area (Å²) in [7, 11) is 0.971. The minimum absolute atomic E-state index is 0.108. The summed E-state index contributed by atoms with van der Waals surface area (Å²) < 4.78 is 31.0. The molecule has 0 radical (unpaired) electrons. The zero-order chi connectivity index (χ0) is 12.4. The SMILES string of the molecule is CN(C)S(=O)(=O)N(C)CC1(O)CCOCC1. The average molecular weight is 252 g/mol. The largest absolute Gasteiger partial charge is 0.388 e. The number of aliphatic hydroxyl groups is 1. The second-order valence-electron chi connectivity index (χ2n) is 4.38. The van der Waals surface area contributed by atoms with Crippen molar-refractivity contribution in [2.75, 3.05) is 40.9 Å². The number of hydrogen-bond donors (Lipinski definition) is 1. The van der Waals surface area contributed by atoms with E-state index < -0.39 is 15.8 Å². The molecule has 0 bridgehead atoms. The Balaban J connectivity index is 2.66. The number of hydrogen-bond acceptors (Lipinski definition) is 4. The van der Waals surface area contributed by atoms with E-state index >= 15 is 0 Å². The highest BCUT2D eigenvalue weighted by Crippen LogP contribution is 2.22. The minimum atomic E-state index is -3.45. The predicted molar refractivity (Wildman–Crippen MR) is 60.2 cm³/mol. The van der Waals surface area contributed by atoms with E-state index in [1.54, 1.807) is 0 Å². The Labute approximate surface area is 97.0 Å². The van der Waals surface area contributed by atoms with E-state index in [0.29, 0.717) is 26.1 Å². The van der Waals surface area contributed by atoms with Crippen LogP contribution in [0.5, 0.6) is 0 Å². The molecule has 0 unspecified atom stereocenters. The molecule has 1 N–H and O–H groups in total. The monoisotopic (exact) mass is 252 g/mol. The topological polar surface area (TPSA) is 70.1 Å². The van der Waals surface area contributed by atoms with Crippen molar-refractivity contribution < 1.29 is 18.3 Å². The molecule has 1 heterocycles. The summed E-state index contributed by atoms with van der Waals surface area (Å²) in [6.07, 6.45) is 0.945. The van der Waals surface area contributed by atoms with Crippen molar-refractivity contribution in [3.05, 3.63) is 0 Å². The van der Waals surface area contributed by atoms with Crippen LogP contribution < -0.4 is 0 Å². The first-order chi connectivity index (χ1) is 7.28. The van der Waals surface area contributed by atoms with E-state index in [-0.39, 0.29) is 6.54 Å². The molecule has 0 atom stereocenters. The highest BCUT2D eigenvalue weighted by Gasteiger charge is 2.34. The summed E-state index contributed by atoms with van der Waals surface area (Å²) in [5.41, 5.74) is -0.962. The molecule has 1 aliphatic heterocycles. The van der Waals surface area contributed by atoms with Gasteiger partial charge in [0.2, 0.25) is 0 Å². The molecule has 1 rings (SSSR count). The van der Waals surface area contributed by atoms with Crippen molar-refractivity contribution in [2.24, 2.45) is 0 Å². The highest BCUT2D eigenvalue weighted by molar-refractivity contribution is 7.86. The normalized spacial score (nSPS) is 21.6. The fourth-order valence-corrected chi connectivity index (χ4v) is 2.65. The minimum Gasteiger partial charge on any atom is -0.388 e. The van der Waals surface area contributed by atoms with Gasteiger partial charge in [-0.3, -0.25) is 0 Å². The van der Waals surface area contributed by atoms with Gasteiger partial charge in [-0.05, 0) is 0 Å². The Morgan fingerprint density at radius 1 is 1.25 bits per heavy atom. The van der Waals surface area contributed by atoms with E-state index in [1.165, 1.54) is 25.4 Å². The number of likely N-dealkylation sites (N-methyl/N-ethyl adjacent to an activating group) is 1. The molecule has 0 aromatic carbocycles. The molecule has 0 aliphatic carbocycles. The predicted octanol–water partition coefficient (Wildman–Crippen LogP) is -0.734. The second kappa shape index (κ2) is 4.97. The third kappa shape index (κ3) is 3.14. The van der Waals surface area contributed by atoms with Crippen molar-refractivity contribution in [3.8, 4) is 0 Å². The van der Waals surface area contributed by atoms with E-state index in [9.17, 15) is 13.5 Å². The lowest BCUT2D eigenvalue weighted by Crippen LogP contribution is -2.49. The van der Waals surface area contributed by atoms with E-state index in [1.807, 2.05) is 0 Å². The van der Waals surface area contributed by atoms with Gasteiger partial charge in [0, 0.05) is 53.7 Å². The van der Waals surface area contributed by atoms with Gasteiger partial charge in [0.25, 0.3) is 10.2 Å². The van der Waals surface area contributed by atoms with Gasteiger partial charge in [-0.25, -0.2) is 0 Å². The molecule has 16 heavy (non-hydrogen) atoms. The zero-order valence-corrected chi connectivity index (χ0v) is 10.8. The third-order valence-electron chi connectivity index (χ3n) is 2.80. The van der Waals surface area contributed by atoms with Crippen molar-refractivity contribution in [3.63, 3.8) is 0 Å². The Morgan fingerprint density at radius 2 is 1.75 bits per heavy atom. The van der Waals surface area contributed by atoms with Gasteiger partial charge in [-0.2, -0.15) is 17.0 Å². The molecule has 0 amide bonds. The maximum atomic E-state index is 11.8. The lowest BCUT2D eigenvalue weighted by atomic mass is 9.95. The van der Waals surface area contributed by atoms with E-state index in [4.69, 9.17) is 4.74 Å². The van der Waals surface area contributed by atoms with Crippen LogP contribution in [-0.4, -0.2) is 68.6 Å². The van der Waals surface area contributed by atoms with Crippen LogP contribution in [0.25, 0.3) is 0 Å². The van der Waals surface area contributed by atoms with Gasteiger partial charge in [-0.15, -0.1) is 0 Å². The first-order valence-electron chi connectivity index (χ1n) is 5.22. The molecule has 7 heteroatoms. The van der Waals surface area contributed by atoms with Crippen molar-refractivity contribution >= 4 is 10.2 Å². The number of rotatable bonds is 4. The summed E-state index contributed by atoms with van der Waals surface area (Å²) in [5.74, 6) is 0. The van der Waals surface area contributed by atoms with Crippen LogP contribution in [0.4, 0.5) is 0 Å². The highest BCUT2D eigenvalue weighted by atomic mass is 32.2. The Bertz CT molecular complexity index is 322. The van der Waals surface area contributed by atoms with Crippen molar-refractivity contribution in [1.29, 1.82) is 0 Å². The molecular weight excluding hydrogens is 232 g/mol. The second-order valence-corrected chi connectivity index (χ2v) is 6.63. The smallest absolute Gasteiger partial charge is 0.281 e. The van der Waals surface area contributed by atoms with Crippen LogP contribution in [0.3, 0.4) is 0 Å². The van der Waals surface area contributed by atoms with Crippen LogP contribution >= 0.6 is 0 Å². The lowest BCUT2D eigenvalue weighted by molar-refractivity contribution is -0.0692. The Hall–Kier alpha value is -0.210. The Morgan fingerprint density at radius 3 is 2.19 bits per heavy atom. The van der Waals surface area contributed by atoms with Crippen LogP contribution in [0.15, 0.2) is 0 Å². The summed E-state index contributed by atoms with van der Waals surface area (Å²) in [5, 5.41) is 10.2. The van der Waals surface area contributed by atoms with Gasteiger partial charge in [-0.1, -0.05) is 0 Å². The number of nitrogens with zero attached hydrogens (tertiary/aromatic N) is 2. The maximum Gasteiger partial charge on any atom is 0.281 e. The van der Waals surface area contributed by atoms with Gasteiger partial charge in [0.15, 0.2) is 0 Å². The third-order valence-corrected chi connectivity index (χ3v) is 4.64. The summed E-state index contributed by atoms with van der Waals surface area (Å²) in [4.78, 5) is 0. The lowest BCUT2D eigenvalue weighted by Gasteiger charge is -2.35. The molecular formula is C9H20N2O4S. The molecule has 6 nitrogen and oxygen atoms in total. The fourth-order valence-electron chi connectivity index (χ4n) is 1.68. The van der Waals surface area contributed by atoms with Gasteiger partial charge < -0.3 is 9.84 Å². The van der Waals surface area contributed by atoms with Crippen LogP contribution in [0.2, 0.25) is 0 Å². The van der Waals surface area contributed by atoms with Crippen LogP contribution in [0.1, 0.15) is 12.8 Å². The molecule has 96 valence electrons. The molecule has 0 aromatic heterocycles. The van der Waals surface area contributed by atoms with Crippen LogP contribution in [0, 0.1) is 0 Å². The summed E-state index contributed by atoms with van der Waals surface area (Å²) in [6, 6.07) is 0. The summed E-state index contributed by atoms with van der Waals surface area (Å²) in [6.45, 7) is 1.07. The summed E-state index contributed by atoms with van der Waals surface area (Å²) >= 11 is 0. The van der Waals surface area contributed by atoms with E-state index in [2.05, 4.69) is 0 Å². The standard InChI is InChI=1S/C9H20N2O4S/c1-10(2)16(13,14)11(3)8-9(12)4-6-15-7-5-9/h12H,4-8H2,1-3H3.